The zero-order valence-electron chi connectivity index (χ0n) is 33.8. The number of rotatable bonds is 9. The van der Waals surface area contributed by atoms with E-state index in [0.717, 1.165) is 89.7 Å². The summed E-state index contributed by atoms with van der Waals surface area (Å²) >= 11 is 0. The summed E-state index contributed by atoms with van der Waals surface area (Å²) in [4.78, 5) is 6.80. The lowest BCUT2D eigenvalue weighted by atomic mass is 9.89. The van der Waals surface area contributed by atoms with Gasteiger partial charge in [0.1, 0.15) is 5.82 Å². The van der Waals surface area contributed by atoms with E-state index < -0.39 is 0 Å². The minimum absolute atomic E-state index is 0.306. The summed E-state index contributed by atoms with van der Waals surface area (Å²) in [6.45, 7) is 0. The van der Waals surface area contributed by atoms with Crippen LogP contribution in [0.25, 0.3) is 44.2 Å². The highest BCUT2D eigenvalue weighted by Crippen LogP contribution is 2.55. The summed E-state index contributed by atoms with van der Waals surface area (Å²) in [6.07, 6.45) is 0. The molecule has 0 spiro atoms. The number of para-hydroxylation sites is 4. The zero-order valence-corrected chi connectivity index (χ0v) is 33.8. The first-order valence-corrected chi connectivity index (χ1v) is 21.0. The molecular formula is C58H40FN3. The summed E-state index contributed by atoms with van der Waals surface area (Å²) in [6, 6.07) is 83.5. The van der Waals surface area contributed by atoms with Crippen LogP contribution in [0, 0.1) is 5.82 Å². The molecule has 10 aromatic carbocycles. The molecule has 4 heteroatoms. The number of anilines is 9. The normalized spacial score (nSPS) is 11.6. The molecule has 0 saturated heterocycles. The summed E-state index contributed by atoms with van der Waals surface area (Å²) in [5, 5.41) is 2.11. The lowest BCUT2D eigenvalue weighted by Crippen LogP contribution is -2.18. The standard InChI is InChI=1S/C58H40FN3/c59-53-39-43(41-20-7-1-8-21-41)38-52(42-22-9-2-10-23-42)58(53)62(47-30-17-6-18-31-47)54-37-36-50-49-35-34-48(60(44-24-11-3-12-25-44)45-26-13-4-14-27-45)40-56(49)61(46-28-15-5-16-29-46)55-33-19-32-51(54)57(50)55/h1-40H. The van der Waals surface area contributed by atoms with Crippen molar-refractivity contribution in [2.24, 2.45) is 0 Å². The van der Waals surface area contributed by atoms with Crippen LogP contribution in [-0.2, 0) is 0 Å². The summed E-state index contributed by atoms with van der Waals surface area (Å²) < 4.78 is 17.5. The van der Waals surface area contributed by atoms with E-state index in [2.05, 4.69) is 185 Å². The van der Waals surface area contributed by atoms with Gasteiger partial charge in [-0.2, -0.15) is 0 Å². The molecule has 1 aliphatic rings. The summed E-state index contributed by atoms with van der Waals surface area (Å²) in [7, 11) is 0. The van der Waals surface area contributed by atoms with Crippen LogP contribution in [0.3, 0.4) is 0 Å². The van der Waals surface area contributed by atoms with Crippen molar-refractivity contribution in [2.75, 3.05) is 14.7 Å². The van der Waals surface area contributed by atoms with E-state index in [9.17, 15) is 0 Å². The van der Waals surface area contributed by atoms with Crippen LogP contribution < -0.4 is 14.7 Å². The molecule has 0 atom stereocenters. The topological polar surface area (TPSA) is 9.72 Å². The maximum absolute atomic E-state index is 17.5. The maximum Gasteiger partial charge on any atom is 0.148 e. The molecule has 11 rings (SSSR count). The minimum Gasteiger partial charge on any atom is -0.310 e. The first kappa shape index (κ1) is 36.8. The highest BCUT2D eigenvalue weighted by atomic mass is 19.1. The Labute approximate surface area is 361 Å². The van der Waals surface area contributed by atoms with Crippen LogP contribution in [0.4, 0.5) is 55.6 Å². The van der Waals surface area contributed by atoms with Gasteiger partial charge in [0.05, 0.1) is 22.7 Å². The van der Waals surface area contributed by atoms with Crippen molar-refractivity contribution in [2.45, 2.75) is 0 Å². The predicted molar refractivity (Wildman–Crippen MR) is 258 cm³/mol. The Bertz CT molecular complexity index is 3140. The third kappa shape index (κ3) is 6.46. The third-order valence-electron chi connectivity index (χ3n) is 11.8. The Balaban J connectivity index is 1.16. The fourth-order valence-electron chi connectivity index (χ4n) is 9.06. The molecule has 0 N–H and O–H groups in total. The maximum atomic E-state index is 17.5. The fraction of sp³-hybridized carbons (Fsp3) is 0. The van der Waals surface area contributed by atoms with Gasteiger partial charge in [-0.15, -0.1) is 0 Å². The van der Waals surface area contributed by atoms with Crippen LogP contribution in [-0.4, -0.2) is 0 Å². The van der Waals surface area contributed by atoms with Crippen molar-refractivity contribution in [3.05, 3.63) is 248 Å². The highest BCUT2D eigenvalue weighted by Gasteiger charge is 2.31. The number of benzene rings is 10. The van der Waals surface area contributed by atoms with Crippen LogP contribution in [0.5, 0.6) is 0 Å². The van der Waals surface area contributed by atoms with E-state index in [1.807, 2.05) is 66.7 Å². The molecule has 0 bridgehead atoms. The number of hydrogen-bond acceptors (Lipinski definition) is 3. The molecule has 0 aliphatic carbocycles. The van der Waals surface area contributed by atoms with E-state index in [-0.39, 0.29) is 5.82 Å². The number of nitrogens with zero attached hydrogens (tertiary/aromatic N) is 3. The van der Waals surface area contributed by atoms with Gasteiger partial charge in [-0.25, -0.2) is 4.39 Å². The Hall–Kier alpha value is -8.21. The van der Waals surface area contributed by atoms with Gasteiger partial charge in [0.15, 0.2) is 0 Å². The van der Waals surface area contributed by atoms with E-state index >= 15 is 4.39 Å². The molecule has 3 nitrogen and oxygen atoms in total. The Morgan fingerprint density at radius 2 is 0.871 bits per heavy atom. The summed E-state index contributed by atoms with van der Waals surface area (Å²) in [5.41, 5.74) is 14.4. The molecule has 1 heterocycles. The molecule has 62 heavy (non-hydrogen) atoms. The molecule has 0 fully saturated rings. The quantitative estimate of drug-likeness (QED) is 0.144. The molecule has 0 saturated carbocycles. The van der Waals surface area contributed by atoms with Gasteiger partial charge < -0.3 is 14.7 Å². The van der Waals surface area contributed by atoms with Crippen LogP contribution in [0.15, 0.2) is 243 Å². The van der Waals surface area contributed by atoms with Gasteiger partial charge in [-0.05, 0) is 107 Å². The van der Waals surface area contributed by atoms with Gasteiger partial charge in [0.2, 0.25) is 0 Å². The second kappa shape index (κ2) is 15.8. The van der Waals surface area contributed by atoms with Gasteiger partial charge in [-0.3, -0.25) is 0 Å². The van der Waals surface area contributed by atoms with Crippen LogP contribution in [0.1, 0.15) is 0 Å². The average Bonchev–Trinajstić information content (AvgIpc) is 3.34. The second-order valence-electron chi connectivity index (χ2n) is 15.5. The first-order valence-electron chi connectivity index (χ1n) is 21.0. The van der Waals surface area contributed by atoms with E-state index in [4.69, 9.17) is 0 Å². The van der Waals surface area contributed by atoms with Crippen molar-refractivity contribution in [3.63, 3.8) is 0 Å². The van der Waals surface area contributed by atoms with Crippen LogP contribution in [0.2, 0.25) is 0 Å². The Morgan fingerprint density at radius 1 is 0.339 bits per heavy atom. The number of halogens is 1. The van der Waals surface area contributed by atoms with Crippen molar-refractivity contribution in [1.82, 2.24) is 0 Å². The largest absolute Gasteiger partial charge is 0.310 e. The molecule has 0 unspecified atom stereocenters. The fourth-order valence-corrected chi connectivity index (χ4v) is 9.06. The zero-order chi connectivity index (χ0) is 41.4. The predicted octanol–water partition coefficient (Wildman–Crippen LogP) is 16.7. The average molecular weight is 798 g/mol. The molecule has 1 aliphatic heterocycles. The first-order chi connectivity index (χ1) is 30.7. The van der Waals surface area contributed by atoms with Gasteiger partial charge >= 0.3 is 0 Å². The smallest absolute Gasteiger partial charge is 0.148 e. The molecule has 10 aromatic rings. The monoisotopic (exact) mass is 797 g/mol. The van der Waals surface area contributed by atoms with Gasteiger partial charge in [-0.1, -0.05) is 158 Å². The van der Waals surface area contributed by atoms with Crippen LogP contribution >= 0.6 is 0 Å². The van der Waals surface area contributed by atoms with Gasteiger partial charge in [0, 0.05) is 50.3 Å². The second-order valence-corrected chi connectivity index (χ2v) is 15.5. The molecular weight excluding hydrogens is 758 g/mol. The van der Waals surface area contributed by atoms with Crippen molar-refractivity contribution in [3.8, 4) is 33.4 Å². The molecule has 0 radical (unpaired) electrons. The number of fused-ring (bicyclic) bond motifs is 2. The molecule has 294 valence electrons. The third-order valence-corrected chi connectivity index (χ3v) is 11.8. The lowest BCUT2D eigenvalue weighted by Gasteiger charge is -2.36. The summed E-state index contributed by atoms with van der Waals surface area (Å²) in [5.74, 6) is -0.306. The molecule has 0 aromatic heterocycles. The lowest BCUT2D eigenvalue weighted by molar-refractivity contribution is 0.630. The highest BCUT2D eigenvalue weighted by molar-refractivity contribution is 6.18. The van der Waals surface area contributed by atoms with Crippen molar-refractivity contribution >= 4 is 62.0 Å². The van der Waals surface area contributed by atoms with E-state index in [0.29, 0.717) is 5.69 Å². The number of hydrogen-bond donors (Lipinski definition) is 0. The van der Waals surface area contributed by atoms with E-state index in [1.54, 1.807) is 6.07 Å². The van der Waals surface area contributed by atoms with E-state index in [1.165, 1.54) is 0 Å². The minimum atomic E-state index is -0.306. The Kier molecular flexibility index (Phi) is 9.36. The van der Waals surface area contributed by atoms with Gasteiger partial charge in [0.25, 0.3) is 0 Å². The molecule has 0 amide bonds. The van der Waals surface area contributed by atoms with Crippen molar-refractivity contribution in [1.29, 1.82) is 0 Å². The Morgan fingerprint density at radius 3 is 1.48 bits per heavy atom. The SMILES string of the molecule is Fc1cc(-c2ccccc2)cc(-c2ccccc2)c1N(c1ccccc1)c1ccc2c3c(cccc13)N(c1ccccc1)c1cc(N(c3ccccc3)c3ccccc3)ccc1-2. The van der Waals surface area contributed by atoms with Crippen molar-refractivity contribution < 1.29 is 4.39 Å².